The number of aliphatic hydroxyl groups is 1. The van der Waals surface area contributed by atoms with Crippen molar-refractivity contribution in [3.05, 3.63) is 44.8 Å². The SMILES string of the molecule is CN(Cc1nccs1)CC(O)COc1c(Cl)cccc1Cl. The minimum atomic E-state index is -0.637. The number of ether oxygens (including phenoxy) is 1. The van der Waals surface area contributed by atoms with Crippen LogP contribution in [0.3, 0.4) is 0 Å². The molecule has 0 bridgehead atoms. The molecule has 0 saturated carbocycles. The van der Waals surface area contributed by atoms with Gasteiger partial charge in [0.2, 0.25) is 0 Å². The summed E-state index contributed by atoms with van der Waals surface area (Å²) in [6.45, 7) is 1.30. The van der Waals surface area contributed by atoms with Crippen LogP contribution < -0.4 is 4.74 Å². The maximum absolute atomic E-state index is 10.0. The van der Waals surface area contributed by atoms with Crippen molar-refractivity contribution < 1.29 is 9.84 Å². The third-order valence-electron chi connectivity index (χ3n) is 2.75. The third kappa shape index (κ3) is 5.13. The Kier molecular flexibility index (Phi) is 6.26. The standard InChI is InChI=1S/C14H16Cl2N2O2S/c1-18(8-13-17-5-6-21-13)7-10(19)9-20-14-11(15)3-2-4-12(14)16/h2-6,10,19H,7-9H2,1H3. The number of halogens is 2. The Morgan fingerprint density at radius 1 is 1.38 bits per heavy atom. The van der Waals surface area contributed by atoms with E-state index in [0.29, 0.717) is 28.9 Å². The molecule has 0 aliphatic carbocycles. The number of aromatic nitrogens is 1. The van der Waals surface area contributed by atoms with Crippen molar-refractivity contribution in [3.63, 3.8) is 0 Å². The molecule has 0 aliphatic heterocycles. The van der Waals surface area contributed by atoms with Gasteiger partial charge in [-0.05, 0) is 19.2 Å². The molecule has 7 heteroatoms. The molecule has 0 radical (unpaired) electrons. The number of rotatable bonds is 7. The molecule has 0 amide bonds. The molecule has 21 heavy (non-hydrogen) atoms. The van der Waals surface area contributed by atoms with Crippen molar-refractivity contribution in [2.75, 3.05) is 20.2 Å². The van der Waals surface area contributed by atoms with Gasteiger partial charge < -0.3 is 9.84 Å². The van der Waals surface area contributed by atoms with E-state index in [-0.39, 0.29) is 6.61 Å². The number of aliphatic hydroxyl groups excluding tert-OH is 1. The van der Waals surface area contributed by atoms with Gasteiger partial charge in [0.05, 0.1) is 16.6 Å². The monoisotopic (exact) mass is 346 g/mol. The van der Waals surface area contributed by atoms with Crippen LogP contribution in [0.25, 0.3) is 0 Å². The largest absolute Gasteiger partial charge is 0.488 e. The van der Waals surface area contributed by atoms with Crippen molar-refractivity contribution in [1.29, 1.82) is 0 Å². The lowest BCUT2D eigenvalue weighted by Gasteiger charge is -2.20. The summed E-state index contributed by atoms with van der Waals surface area (Å²) in [5.74, 6) is 0.405. The molecule has 1 aromatic heterocycles. The normalized spacial score (nSPS) is 12.6. The predicted octanol–water partition coefficient (Wildman–Crippen LogP) is 3.32. The van der Waals surface area contributed by atoms with Crippen LogP contribution in [0.2, 0.25) is 10.0 Å². The van der Waals surface area contributed by atoms with Crippen LogP contribution in [0.15, 0.2) is 29.8 Å². The first kappa shape index (κ1) is 16.5. The van der Waals surface area contributed by atoms with Crippen molar-refractivity contribution >= 4 is 34.5 Å². The molecule has 2 rings (SSSR count). The van der Waals surface area contributed by atoms with Crippen LogP contribution in [0.4, 0.5) is 0 Å². The first-order valence-corrected chi connectivity index (χ1v) is 8.01. The molecule has 0 spiro atoms. The molecule has 1 heterocycles. The highest BCUT2D eigenvalue weighted by atomic mass is 35.5. The molecular formula is C14H16Cl2N2O2S. The van der Waals surface area contributed by atoms with Crippen LogP contribution in [0, 0.1) is 0 Å². The number of benzene rings is 1. The summed E-state index contributed by atoms with van der Waals surface area (Å²) in [5.41, 5.74) is 0. The van der Waals surface area contributed by atoms with E-state index >= 15 is 0 Å². The summed E-state index contributed by atoms with van der Waals surface area (Å²) in [5, 5.41) is 13.8. The van der Waals surface area contributed by atoms with Gasteiger partial charge in [-0.15, -0.1) is 11.3 Å². The minimum Gasteiger partial charge on any atom is -0.488 e. The number of likely N-dealkylation sites (N-methyl/N-ethyl adjacent to an activating group) is 1. The molecule has 1 atom stereocenters. The van der Waals surface area contributed by atoms with Gasteiger partial charge >= 0.3 is 0 Å². The number of hydrogen-bond acceptors (Lipinski definition) is 5. The minimum absolute atomic E-state index is 0.131. The molecule has 1 unspecified atom stereocenters. The number of hydrogen-bond donors (Lipinski definition) is 1. The molecule has 1 aromatic carbocycles. The number of thiazole rings is 1. The zero-order valence-corrected chi connectivity index (χ0v) is 13.8. The fraction of sp³-hybridized carbons (Fsp3) is 0.357. The second-order valence-electron chi connectivity index (χ2n) is 4.64. The Labute approximate surface area is 137 Å². The zero-order valence-electron chi connectivity index (χ0n) is 11.5. The predicted molar refractivity (Wildman–Crippen MR) is 86.4 cm³/mol. The molecule has 114 valence electrons. The van der Waals surface area contributed by atoms with Gasteiger partial charge in [-0.25, -0.2) is 4.98 Å². The Bertz CT molecular complexity index is 546. The van der Waals surface area contributed by atoms with Gasteiger partial charge in [-0.3, -0.25) is 4.90 Å². The van der Waals surface area contributed by atoms with E-state index in [1.165, 1.54) is 0 Å². The highest BCUT2D eigenvalue weighted by molar-refractivity contribution is 7.09. The van der Waals surface area contributed by atoms with Gasteiger partial charge in [-0.1, -0.05) is 29.3 Å². The van der Waals surface area contributed by atoms with E-state index in [0.717, 1.165) is 5.01 Å². The summed E-state index contributed by atoms with van der Waals surface area (Å²) in [6.07, 6.45) is 1.13. The molecular weight excluding hydrogens is 331 g/mol. The fourth-order valence-electron chi connectivity index (χ4n) is 1.84. The zero-order chi connectivity index (χ0) is 15.2. The van der Waals surface area contributed by atoms with Gasteiger partial charge in [0.1, 0.15) is 17.7 Å². The van der Waals surface area contributed by atoms with E-state index in [1.54, 1.807) is 35.7 Å². The van der Waals surface area contributed by atoms with Gasteiger partial charge in [0.15, 0.2) is 5.75 Å². The van der Waals surface area contributed by atoms with Gasteiger partial charge in [0.25, 0.3) is 0 Å². The van der Waals surface area contributed by atoms with Crippen LogP contribution in [-0.2, 0) is 6.54 Å². The average molecular weight is 347 g/mol. The lowest BCUT2D eigenvalue weighted by molar-refractivity contribution is 0.0744. The molecule has 2 aromatic rings. The van der Waals surface area contributed by atoms with Crippen molar-refractivity contribution in [3.8, 4) is 5.75 Å². The second kappa shape index (κ2) is 7.96. The molecule has 0 fully saturated rings. The summed E-state index contributed by atoms with van der Waals surface area (Å²) in [7, 11) is 1.92. The van der Waals surface area contributed by atoms with E-state index in [9.17, 15) is 5.11 Å². The fourth-order valence-corrected chi connectivity index (χ4v) is 3.04. The van der Waals surface area contributed by atoms with Crippen molar-refractivity contribution in [1.82, 2.24) is 9.88 Å². The number of nitrogens with zero attached hydrogens (tertiary/aromatic N) is 2. The van der Waals surface area contributed by atoms with Gasteiger partial charge in [-0.2, -0.15) is 0 Å². The Morgan fingerprint density at radius 2 is 2.10 bits per heavy atom. The van der Waals surface area contributed by atoms with Crippen LogP contribution in [0.5, 0.6) is 5.75 Å². The summed E-state index contributed by atoms with van der Waals surface area (Å²) in [4.78, 5) is 6.20. The van der Waals surface area contributed by atoms with Crippen LogP contribution >= 0.6 is 34.5 Å². The maximum Gasteiger partial charge on any atom is 0.156 e. The van der Waals surface area contributed by atoms with E-state index in [4.69, 9.17) is 27.9 Å². The summed E-state index contributed by atoms with van der Waals surface area (Å²) >= 11 is 13.6. The molecule has 1 N–H and O–H groups in total. The van der Waals surface area contributed by atoms with E-state index in [1.807, 2.05) is 17.3 Å². The Morgan fingerprint density at radius 3 is 2.71 bits per heavy atom. The summed E-state index contributed by atoms with van der Waals surface area (Å²) in [6, 6.07) is 5.14. The maximum atomic E-state index is 10.0. The lowest BCUT2D eigenvalue weighted by atomic mass is 10.3. The highest BCUT2D eigenvalue weighted by Crippen LogP contribution is 2.32. The molecule has 0 aliphatic rings. The van der Waals surface area contributed by atoms with E-state index in [2.05, 4.69) is 4.98 Å². The van der Waals surface area contributed by atoms with Crippen LogP contribution in [0.1, 0.15) is 5.01 Å². The summed E-state index contributed by atoms with van der Waals surface area (Å²) < 4.78 is 5.51. The highest BCUT2D eigenvalue weighted by Gasteiger charge is 2.13. The van der Waals surface area contributed by atoms with Crippen LogP contribution in [-0.4, -0.2) is 41.3 Å². The van der Waals surface area contributed by atoms with E-state index < -0.39 is 6.10 Å². The quantitative estimate of drug-likeness (QED) is 0.835. The van der Waals surface area contributed by atoms with Crippen molar-refractivity contribution in [2.24, 2.45) is 0 Å². The average Bonchev–Trinajstić information content (AvgIpc) is 2.90. The lowest BCUT2D eigenvalue weighted by Crippen LogP contribution is -2.32. The Hall–Kier alpha value is -0.850. The molecule has 4 nitrogen and oxygen atoms in total. The van der Waals surface area contributed by atoms with Crippen molar-refractivity contribution in [2.45, 2.75) is 12.6 Å². The Balaban J connectivity index is 1.80. The molecule has 0 saturated heterocycles. The van der Waals surface area contributed by atoms with Gasteiger partial charge in [0, 0.05) is 18.1 Å². The number of para-hydroxylation sites is 1. The second-order valence-corrected chi connectivity index (χ2v) is 6.43. The first-order valence-electron chi connectivity index (χ1n) is 6.38. The topological polar surface area (TPSA) is 45.6 Å². The smallest absolute Gasteiger partial charge is 0.156 e. The third-order valence-corrected chi connectivity index (χ3v) is 4.11. The first-order chi connectivity index (χ1) is 10.1.